The maximum absolute atomic E-state index is 11.8. The van der Waals surface area contributed by atoms with Gasteiger partial charge in [0, 0.05) is 13.2 Å². The fourth-order valence-electron chi connectivity index (χ4n) is 1.31. The van der Waals surface area contributed by atoms with Crippen LogP contribution in [0.3, 0.4) is 0 Å². The molecule has 0 amide bonds. The van der Waals surface area contributed by atoms with Gasteiger partial charge < -0.3 is 19.9 Å². The molecule has 0 fully saturated rings. The average molecular weight is 278 g/mol. The van der Waals surface area contributed by atoms with Gasteiger partial charge in [0.2, 0.25) is 10.0 Å². The molecule has 0 unspecified atom stereocenters. The molecule has 0 saturated carbocycles. The van der Waals surface area contributed by atoms with Gasteiger partial charge in [0.25, 0.3) is 0 Å². The molecule has 0 aromatic carbocycles. The summed E-state index contributed by atoms with van der Waals surface area (Å²) in [5, 5.41) is 26.4. The lowest BCUT2D eigenvalue weighted by Gasteiger charge is -2.12. The van der Waals surface area contributed by atoms with E-state index in [1.807, 2.05) is 0 Å². The molecule has 0 aliphatic carbocycles. The summed E-state index contributed by atoms with van der Waals surface area (Å²) in [6.07, 6.45) is 1.14. The zero-order valence-corrected chi connectivity index (χ0v) is 10.4. The second-order valence-electron chi connectivity index (χ2n) is 3.66. The molecule has 0 atom stereocenters. The highest BCUT2D eigenvalue weighted by Gasteiger charge is 2.23. The molecule has 0 bridgehead atoms. The highest BCUT2D eigenvalue weighted by Crippen LogP contribution is 2.13. The van der Waals surface area contributed by atoms with Crippen LogP contribution in [-0.4, -0.2) is 53.5 Å². The van der Waals surface area contributed by atoms with E-state index in [9.17, 15) is 13.2 Å². The minimum absolute atomic E-state index is 0.181. The average Bonchev–Trinajstić information content (AvgIpc) is 2.69. The van der Waals surface area contributed by atoms with Crippen molar-refractivity contribution in [1.29, 1.82) is 0 Å². The van der Waals surface area contributed by atoms with Crippen molar-refractivity contribution in [1.82, 2.24) is 9.29 Å². The number of rotatable bonds is 6. The number of hydrogen-bond acceptors (Lipinski definition) is 5. The molecule has 1 heterocycles. The van der Waals surface area contributed by atoms with E-state index in [-0.39, 0.29) is 10.6 Å². The number of carboxylic acid groups (broad SMARTS) is 1. The van der Waals surface area contributed by atoms with E-state index < -0.39 is 35.2 Å². The first-order valence-electron chi connectivity index (χ1n) is 4.95. The van der Waals surface area contributed by atoms with Crippen LogP contribution in [0.5, 0.6) is 0 Å². The smallest absolute Gasteiger partial charge is 0.352 e. The Morgan fingerprint density at radius 1 is 1.44 bits per heavy atom. The first kappa shape index (κ1) is 14.6. The van der Waals surface area contributed by atoms with Crippen molar-refractivity contribution in [3.8, 4) is 0 Å². The van der Waals surface area contributed by atoms with Crippen LogP contribution in [0.2, 0.25) is 0 Å². The molecule has 9 heteroatoms. The Morgan fingerprint density at radius 3 is 2.39 bits per heavy atom. The van der Waals surface area contributed by atoms with Crippen LogP contribution in [0.15, 0.2) is 17.2 Å². The van der Waals surface area contributed by atoms with Crippen LogP contribution < -0.4 is 4.72 Å². The lowest BCUT2D eigenvalue weighted by molar-refractivity contribution is 0.0686. The Bertz CT molecular complexity index is 531. The Morgan fingerprint density at radius 2 is 2.00 bits per heavy atom. The highest BCUT2D eigenvalue weighted by molar-refractivity contribution is 7.89. The van der Waals surface area contributed by atoms with E-state index >= 15 is 0 Å². The summed E-state index contributed by atoms with van der Waals surface area (Å²) in [5.74, 6) is -1.25. The Kier molecular flexibility index (Phi) is 4.46. The van der Waals surface area contributed by atoms with Gasteiger partial charge in [0.1, 0.15) is 10.6 Å². The highest BCUT2D eigenvalue weighted by atomic mass is 32.2. The fourth-order valence-corrected chi connectivity index (χ4v) is 2.60. The first-order chi connectivity index (χ1) is 8.31. The molecular weight excluding hydrogens is 264 g/mol. The van der Waals surface area contributed by atoms with Gasteiger partial charge in [-0.3, -0.25) is 0 Å². The first-order valence-corrected chi connectivity index (χ1v) is 6.44. The Balaban J connectivity index is 3.06. The summed E-state index contributed by atoms with van der Waals surface area (Å²) in [7, 11) is -2.57. The second-order valence-corrected chi connectivity index (χ2v) is 5.37. The summed E-state index contributed by atoms with van der Waals surface area (Å²) in [6, 6.07) is -0.0280. The van der Waals surface area contributed by atoms with Gasteiger partial charge in [-0.1, -0.05) is 0 Å². The number of aromatic carboxylic acids is 1. The van der Waals surface area contributed by atoms with Crippen LogP contribution in [0.25, 0.3) is 0 Å². The third-order valence-corrected chi connectivity index (χ3v) is 3.76. The van der Waals surface area contributed by atoms with Crippen molar-refractivity contribution in [2.24, 2.45) is 7.05 Å². The number of aryl methyl sites for hydroxylation is 1. The quantitative estimate of drug-likeness (QED) is 0.493. The molecule has 0 spiro atoms. The lowest BCUT2D eigenvalue weighted by atomic mass is 10.4. The summed E-state index contributed by atoms with van der Waals surface area (Å²) in [5.41, 5.74) is -0.181. The molecule has 0 saturated heterocycles. The molecule has 0 aliphatic heterocycles. The van der Waals surface area contributed by atoms with Gasteiger partial charge in [0.05, 0.1) is 19.3 Å². The van der Waals surface area contributed by atoms with Crippen molar-refractivity contribution >= 4 is 16.0 Å². The molecule has 1 rings (SSSR count). The van der Waals surface area contributed by atoms with Gasteiger partial charge in [-0.2, -0.15) is 0 Å². The molecule has 0 radical (unpaired) electrons. The largest absolute Gasteiger partial charge is 0.477 e. The molecule has 1 aromatic heterocycles. The standard InChI is InChI=1S/C9H14N2O6S/c1-11-3-7(2-8(11)9(14)15)18(16,17)10-6(4-12)5-13/h2-3,6,10,12-13H,4-5H2,1H3,(H,14,15). The third-order valence-electron chi connectivity index (χ3n) is 2.27. The van der Waals surface area contributed by atoms with E-state index in [0.717, 1.165) is 16.8 Å². The van der Waals surface area contributed by atoms with Gasteiger partial charge >= 0.3 is 5.97 Å². The van der Waals surface area contributed by atoms with Crippen molar-refractivity contribution in [2.75, 3.05) is 13.2 Å². The zero-order chi connectivity index (χ0) is 13.9. The molecule has 4 N–H and O–H groups in total. The number of nitrogens with zero attached hydrogens (tertiary/aromatic N) is 1. The Hall–Kier alpha value is -1.42. The number of aromatic nitrogens is 1. The number of sulfonamides is 1. The lowest BCUT2D eigenvalue weighted by Crippen LogP contribution is -2.39. The fraction of sp³-hybridized carbons (Fsp3) is 0.444. The van der Waals surface area contributed by atoms with Crippen LogP contribution in [0, 0.1) is 0 Å². The van der Waals surface area contributed by atoms with Crippen molar-refractivity contribution in [3.05, 3.63) is 18.0 Å². The number of carboxylic acids is 1. The number of aliphatic hydroxyl groups excluding tert-OH is 2. The predicted octanol–water partition coefficient (Wildman–Crippen LogP) is -1.65. The number of aliphatic hydroxyl groups is 2. The maximum Gasteiger partial charge on any atom is 0.352 e. The monoisotopic (exact) mass is 278 g/mol. The van der Waals surface area contributed by atoms with Crippen LogP contribution in [0.4, 0.5) is 0 Å². The number of carbonyl (C=O) groups is 1. The van der Waals surface area contributed by atoms with Crippen LogP contribution >= 0.6 is 0 Å². The van der Waals surface area contributed by atoms with E-state index in [1.54, 1.807) is 0 Å². The van der Waals surface area contributed by atoms with E-state index in [4.69, 9.17) is 15.3 Å². The number of hydrogen-bond donors (Lipinski definition) is 4. The van der Waals surface area contributed by atoms with E-state index in [2.05, 4.69) is 4.72 Å². The molecule has 102 valence electrons. The zero-order valence-electron chi connectivity index (χ0n) is 9.57. The summed E-state index contributed by atoms with van der Waals surface area (Å²) >= 11 is 0. The number of nitrogens with one attached hydrogen (secondary N) is 1. The van der Waals surface area contributed by atoms with Crippen LogP contribution in [-0.2, 0) is 17.1 Å². The van der Waals surface area contributed by atoms with Gasteiger partial charge in [-0.05, 0) is 6.07 Å². The topological polar surface area (TPSA) is 129 Å². The third kappa shape index (κ3) is 3.07. The molecule has 1 aromatic rings. The van der Waals surface area contributed by atoms with E-state index in [1.165, 1.54) is 7.05 Å². The van der Waals surface area contributed by atoms with Gasteiger partial charge in [-0.15, -0.1) is 0 Å². The molecular formula is C9H14N2O6S. The summed E-state index contributed by atoms with van der Waals surface area (Å²) in [4.78, 5) is 10.5. The normalized spacial score (nSPS) is 12.0. The van der Waals surface area contributed by atoms with Crippen molar-refractivity contribution in [2.45, 2.75) is 10.9 Å². The predicted molar refractivity (Wildman–Crippen MR) is 60.7 cm³/mol. The Labute approximate surface area is 104 Å². The van der Waals surface area contributed by atoms with Crippen molar-refractivity contribution < 1.29 is 28.5 Å². The van der Waals surface area contributed by atoms with Crippen LogP contribution in [0.1, 0.15) is 10.5 Å². The van der Waals surface area contributed by atoms with Gasteiger partial charge in [0.15, 0.2) is 0 Å². The molecule has 0 aliphatic rings. The second kappa shape index (κ2) is 5.48. The maximum atomic E-state index is 11.8. The van der Waals surface area contributed by atoms with E-state index in [0.29, 0.717) is 0 Å². The summed E-state index contributed by atoms with van der Waals surface area (Å²) in [6.45, 7) is -1.12. The minimum atomic E-state index is -3.97. The van der Waals surface area contributed by atoms with Crippen molar-refractivity contribution in [3.63, 3.8) is 0 Å². The SMILES string of the molecule is Cn1cc(S(=O)(=O)NC(CO)CO)cc1C(=O)O. The molecule has 8 nitrogen and oxygen atoms in total. The molecule has 18 heavy (non-hydrogen) atoms. The summed E-state index contributed by atoms with van der Waals surface area (Å²) < 4.78 is 26.8. The van der Waals surface area contributed by atoms with Gasteiger partial charge in [-0.25, -0.2) is 17.9 Å². The minimum Gasteiger partial charge on any atom is -0.477 e.